The van der Waals surface area contributed by atoms with E-state index in [4.69, 9.17) is 4.74 Å². The Hall–Kier alpha value is -3.15. The number of unbranched alkanes of at least 4 members (excludes halogenated alkanes) is 2. The molecule has 0 aromatic heterocycles. The Morgan fingerprint density at radius 1 is 1.27 bits per heavy atom. The highest BCUT2D eigenvalue weighted by Crippen LogP contribution is 2.29. The third kappa shape index (κ3) is 5.47. The Balaban J connectivity index is 1.66. The first-order valence-electron chi connectivity index (χ1n) is 10.2. The average molecular weight is 410 g/mol. The highest BCUT2D eigenvalue weighted by Gasteiger charge is 2.32. The summed E-state index contributed by atoms with van der Waals surface area (Å²) in [6.07, 6.45) is 5.16. The third-order valence-electron chi connectivity index (χ3n) is 5.11. The van der Waals surface area contributed by atoms with Crippen LogP contribution in [0.2, 0.25) is 0 Å². The maximum Gasteiger partial charge on any atom is 0.414 e. The number of halogens is 1. The molecule has 1 N–H and O–H groups in total. The zero-order valence-electron chi connectivity index (χ0n) is 17.2. The highest BCUT2D eigenvalue weighted by atomic mass is 19.1. The van der Waals surface area contributed by atoms with Gasteiger partial charge in [-0.1, -0.05) is 30.3 Å². The van der Waals surface area contributed by atoms with E-state index < -0.39 is 18.0 Å². The van der Waals surface area contributed by atoms with Crippen LogP contribution in [0.15, 0.2) is 55.1 Å². The van der Waals surface area contributed by atoms with Crippen molar-refractivity contribution in [3.63, 3.8) is 0 Å². The average Bonchev–Trinajstić information content (AvgIpc) is 3.11. The van der Waals surface area contributed by atoms with Crippen LogP contribution in [0.4, 0.5) is 14.9 Å². The first kappa shape index (κ1) is 21.6. The van der Waals surface area contributed by atoms with Gasteiger partial charge in [-0.05, 0) is 55.0 Å². The van der Waals surface area contributed by atoms with Gasteiger partial charge in [0.05, 0.1) is 18.8 Å². The predicted octanol–water partition coefficient (Wildman–Crippen LogP) is 4.85. The van der Waals surface area contributed by atoms with E-state index in [1.54, 1.807) is 12.1 Å². The van der Waals surface area contributed by atoms with Crippen molar-refractivity contribution in [3.8, 4) is 11.1 Å². The van der Waals surface area contributed by atoms with Crippen LogP contribution in [0.3, 0.4) is 0 Å². The van der Waals surface area contributed by atoms with Crippen LogP contribution < -0.4 is 10.2 Å². The first-order valence-corrected chi connectivity index (χ1v) is 10.2. The number of anilines is 1. The van der Waals surface area contributed by atoms with E-state index in [1.807, 2.05) is 30.3 Å². The number of hydrogen-bond donors (Lipinski definition) is 1. The molecule has 1 heterocycles. The number of ether oxygens (including phenoxy) is 1. The topological polar surface area (TPSA) is 58.6 Å². The Bertz CT molecular complexity index is 911. The summed E-state index contributed by atoms with van der Waals surface area (Å²) in [7, 11) is 0. The summed E-state index contributed by atoms with van der Waals surface area (Å²) < 4.78 is 20.0. The monoisotopic (exact) mass is 410 g/mol. The Kier molecular flexibility index (Phi) is 7.22. The molecule has 0 aliphatic carbocycles. The lowest BCUT2D eigenvalue weighted by Gasteiger charge is -2.14. The fraction of sp³-hybridized carbons (Fsp3) is 0.333. The normalized spacial score (nSPS) is 15.7. The summed E-state index contributed by atoms with van der Waals surface area (Å²) in [6, 6.07) is 12.6. The number of allylic oxidation sites excluding steroid dienone is 1. The summed E-state index contributed by atoms with van der Waals surface area (Å²) in [5.74, 6) is -0.591. The second kappa shape index (κ2) is 10.1. The molecule has 6 heteroatoms. The van der Waals surface area contributed by atoms with Gasteiger partial charge >= 0.3 is 6.09 Å². The van der Waals surface area contributed by atoms with Gasteiger partial charge in [-0.25, -0.2) is 9.18 Å². The number of benzene rings is 2. The van der Waals surface area contributed by atoms with E-state index in [-0.39, 0.29) is 19.0 Å². The van der Waals surface area contributed by atoms with E-state index >= 15 is 0 Å². The number of carbonyl (C=O) groups is 2. The zero-order chi connectivity index (χ0) is 21.5. The zero-order valence-corrected chi connectivity index (χ0v) is 17.2. The molecule has 1 aliphatic rings. The molecule has 1 aliphatic heterocycles. The molecular weight excluding hydrogens is 383 g/mol. The molecule has 1 atom stereocenters. The number of carbonyl (C=O) groups excluding carboxylic acids is 2. The summed E-state index contributed by atoms with van der Waals surface area (Å²) in [4.78, 5) is 24.5. The maximum atomic E-state index is 14.8. The van der Waals surface area contributed by atoms with Crippen LogP contribution >= 0.6 is 0 Å². The summed E-state index contributed by atoms with van der Waals surface area (Å²) in [6.45, 7) is 5.63. The highest BCUT2D eigenvalue weighted by molar-refractivity contribution is 5.90. The van der Waals surface area contributed by atoms with Crippen LogP contribution in [0.1, 0.15) is 31.7 Å². The van der Waals surface area contributed by atoms with E-state index in [9.17, 15) is 14.0 Å². The fourth-order valence-electron chi connectivity index (χ4n) is 3.47. The van der Waals surface area contributed by atoms with Crippen molar-refractivity contribution in [2.45, 2.75) is 38.7 Å². The molecule has 0 saturated carbocycles. The minimum Gasteiger partial charge on any atom is -0.442 e. The van der Waals surface area contributed by atoms with Crippen LogP contribution in [0.5, 0.6) is 0 Å². The Morgan fingerprint density at radius 3 is 2.70 bits per heavy atom. The molecule has 3 rings (SSSR count). The van der Waals surface area contributed by atoms with Gasteiger partial charge in [0.1, 0.15) is 11.9 Å². The minimum atomic E-state index is -0.543. The number of nitrogens with zero attached hydrogens (tertiary/aromatic N) is 1. The van der Waals surface area contributed by atoms with E-state index in [2.05, 4.69) is 11.9 Å². The molecule has 2 amide bonds. The molecule has 1 fully saturated rings. The van der Waals surface area contributed by atoms with Crippen molar-refractivity contribution in [1.29, 1.82) is 0 Å². The van der Waals surface area contributed by atoms with Gasteiger partial charge in [0.2, 0.25) is 5.91 Å². The number of hydrogen-bond acceptors (Lipinski definition) is 3. The smallest absolute Gasteiger partial charge is 0.414 e. The van der Waals surface area contributed by atoms with Crippen molar-refractivity contribution in [2.75, 3.05) is 18.0 Å². The quantitative estimate of drug-likeness (QED) is 0.475. The van der Waals surface area contributed by atoms with Crippen molar-refractivity contribution in [1.82, 2.24) is 5.32 Å². The van der Waals surface area contributed by atoms with Crippen molar-refractivity contribution < 1.29 is 18.7 Å². The van der Waals surface area contributed by atoms with Crippen LogP contribution in [0.25, 0.3) is 11.1 Å². The summed E-state index contributed by atoms with van der Waals surface area (Å²) in [5, 5.41) is 2.62. The number of nitrogens with one attached hydrogen (secondary N) is 1. The van der Waals surface area contributed by atoms with Gasteiger partial charge in [0.25, 0.3) is 0 Å². The third-order valence-corrected chi connectivity index (χ3v) is 5.11. The molecule has 0 spiro atoms. The molecule has 5 nitrogen and oxygen atoms in total. The lowest BCUT2D eigenvalue weighted by molar-refractivity contribution is -0.119. The molecule has 0 radical (unpaired) electrons. The Morgan fingerprint density at radius 2 is 2.03 bits per heavy atom. The van der Waals surface area contributed by atoms with Gasteiger partial charge in [-0.3, -0.25) is 9.69 Å². The minimum absolute atomic E-state index is 0.192. The maximum absolute atomic E-state index is 14.8. The van der Waals surface area contributed by atoms with Gasteiger partial charge < -0.3 is 10.1 Å². The standard InChI is InChI=1S/C24H27FN2O3/c1-3-4-5-6-7-18-8-10-19(11-9-18)22-13-12-20(14-23(22)25)27-16-21(30-24(27)29)15-26-17(2)28/h3,8-14,21H,1,4-7,15-16H2,2H3,(H,26,28)/t21-/m0/s1. The molecule has 1 saturated heterocycles. The lowest BCUT2D eigenvalue weighted by Crippen LogP contribution is -2.33. The molecule has 30 heavy (non-hydrogen) atoms. The van der Waals surface area contributed by atoms with Crippen molar-refractivity contribution in [2.24, 2.45) is 0 Å². The van der Waals surface area contributed by atoms with Gasteiger partial charge in [0.15, 0.2) is 0 Å². The largest absolute Gasteiger partial charge is 0.442 e. The number of amides is 2. The van der Waals surface area contributed by atoms with Gasteiger partial charge in [-0.2, -0.15) is 0 Å². The fourth-order valence-corrected chi connectivity index (χ4v) is 3.47. The lowest BCUT2D eigenvalue weighted by atomic mass is 10.0. The molecular formula is C24H27FN2O3. The molecule has 0 bridgehead atoms. The number of aryl methyl sites for hydroxylation is 1. The second-order valence-corrected chi connectivity index (χ2v) is 7.45. The van der Waals surface area contributed by atoms with Gasteiger partial charge in [-0.15, -0.1) is 6.58 Å². The van der Waals surface area contributed by atoms with E-state index in [1.165, 1.54) is 23.5 Å². The van der Waals surface area contributed by atoms with Gasteiger partial charge in [0, 0.05) is 12.5 Å². The molecule has 2 aromatic rings. The summed E-state index contributed by atoms with van der Waals surface area (Å²) >= 11 is 0. The number of cyclic esters (lactones) is 1. The van der Waals surface area contributed by atoms with Crippen LogP contribution in [0, 0.1) is 5.82 Å². The molecule has 2 aromatic carbocycles. The first-order chi connectivity index (χ1) is 14.5. The molecule has 158 valence electrons. The van der Waals surface area contributed by atoms with E-state index in [0.717, 1.165) is 31.2 Å². The second-order valence-electron chi connectivity index (χ2n) is 7.45. The van der Waals surface area contributed by atoms with Crippen molar-refractivity contribution in [3.05, 3.63) is 66.5 Å². The SMILES string of the molecule is C=CCCCCc1ccc(-c2ccc(N3C[C@H](CNC(C)=O)OC3=O)cc2F)cc1. The predicted molar refractivity (Wildman–Crippen MR) is 116 cm³/mol. The van der Waals surface area contributed by atoms with Crippen LogP contribution in [-0.2, 0) is 16.0 Å². The molecule has 0 unspecified atom stereocenters. The Labute approximate surface area is 176 Å². The van der Waals surface area contributed by atoms with E-state index in [0.29, 0.717) is 11.3 Å². The summed E-state index contributed by atoms with van der Waals surface area (Å²) in [5.41, 5.74) is 2.94. The van der Waals surface area contributed by atoms with Crippen molar-refractivity contribution >= 4 is 17.7 Å². The number of rotatable bonds is 9. The van der Waals surface area contributed by atoms with Crippen LogP contribution in [-0.4, -0.2) is 31.2 Å².